The fourth-order valence-electron chi connectivity index (χ4n) is 4.17. The minimum Gasteiger partial charge on any atom is -0.495 e. The molecule has 0 spiro atoms. The summed E-state index contributed by atoms with van der Waals surface area (Å²) in [5, 5.41) is 3.35. The molecule has 166 valence electrons. The third kappa shape index (κ3) is 4.66. The summed E-state index contributed by atoms with van der Waals surface area (Å²) in [6, 6.07) is 10.3. The second kappa shape index (κ2) is 9.06. The molecule has 1 fully saturated rings. The van der Waals surface area contributed by atoms with Crippen molar-refractivity contribution in [2.75, 3.05) is 43.5 Å². The molecule has 4 rings (SSSR count). The Balaban J connectivity index is 1.47. The highest BCUT2D eigenvalue weighted by molar-refractivity contribution is 7.89. The molecule has 2 aromatic rings. The number of rotatable bonds is 6. The lowest BCUT2D eigenvalue weighted by atomic mass is 10.2. The van der Waals surface area contributed by atoms with Crippen LogP contribution in [0.1, 0.15) is 24.8 Å². The van der Waals surface area contributed by atoms with Crippen LogP contribution in [0.25, 0.3) is 0 Å². The number of ether oxygens (including phenoxy) is 1. The van der Waals surface area contributed by atoms with E-state index in [1.54, 1.807) is 34.6 Å². The molecule has 0 atom stereocenters. The number of nitrogens with one attached hydrogen (secondary N) is 1. The van der Waals surface area contributed by atoms with Gasteiger partial charge in [0.25, 0.3) is 0 Å². The Hall–Kier alpha value is -2.29. The van der Waals surface area contributed by atoms with Gasteiger partial charge in [0.15, 0.2) is 0 Å². The van der Waals surface area contributed by atoms with Crippen molar-refractivity contribution in [1.29, 1.82) is 0 Å². The van der Waals surface area contributed by atoms with Gasteiger partial charge in [0.2, 0.25) is 15.9 Å². The lowest BCUT2D eigenvalue weighted by molar-refractivity contribution is -0.115. The first kappa shape index (κ1) is 21.9. The van der Waals surface area contributed by atoms with Gasteiger partial charge in [-0.25, -0.2) is 8.42 Å². The number of nitrogens with zero attached hydrogens (tertiary/aromatic N) is 2. The van der Waals surface area contributed by atoms with Gasteiger partial charge in [-0.15, -0.1) is 0 Å². The zero-order chi connectivity index (χ0) is 22.0. The zero-order valence-corrected chi connectivity index (χ0v) is 19.0. The Labute approximate surface area is 188 Å². The van der Waals surface area contributed by atoms with E-state index in [0.717, 1.165) is 30.5 Å². The number of piperidine rings is 1. The van der Waals surface area contributed by atoms with E-state index >= 15 is 0 Å². The van der Waals surface area contributed by atoms with Crippen LogP contribution in [-0.4, -0.2) is 51.9 Å². The second-order valence-electron chi connectivity index (χ2n) is 7.82. The molecule has 1 N–H and O–H groups in total. The smallest absolute Gasteiger partial charge is 0.243 e. The summed E-state index contributed by atoms with van der Waals surface area (Å²) < 4.78 is 32.8. The molecule has 0 aromatic heterocycles. The van der Waals surface area contributed by atoms with E-state index in [-0.39, 0.29) is 12.5 Å². The Bertz CT molecular complexity index is 1080. The molecule has 7 nitrogen and oxygen atoms in total. The third-order valence-corrected chi connectivity index (χ3v) is 7.90. The van der Waals surface area contributed by atoms with Crippen LogP contribution in [0.2, 0.25) is 5.02 Å². The summed E-state index contributed by atoms with van der Waals surface area (Å²) in [5.74, 6) is 0.338. The first-order valence-corrected chi connectivity index (χ1v) is 12.2. The quantitative estimate of drug-likeness (QED) is 0.709. The van der Waals surface area contributed by atoms with Crippen LogP contribution >= 0.6 is 11.6 Å². The molecule has 31 heavy (non-hydrogen) atoms. The number of halogens is 1. The van der Waals surface area contributed by atoms with Gasteiger partial charge in [-0.3, -0.25) is 4.79 Å². The topological polar surface area (TPSA) is 79.0 Å². The highest BCUT2D eigenvalue weighted by atomic mass is 35.5. The number of hydrogen-bond donors (Lipinski definition) is 1. The van der Waals surface area contributed by atoms with Gasteiger partial charge in [-0.2, -0.15) is 4.31 Å². The fraction of sp³-hybridized carbons (Fsp3) is 0.409. The van der Waals surface area contributed by atoms with Crippen molar-refractivity contribution in [2.45, 2.75) is 30.6 Å². The molecular weight excluding hydrogens is 438 g/mol. The van der Waals surface area contributed by atoms with E-state index in [1.807, 2.05) is 11.0 Å². The number of methoxy groups -OCH3 is 1. The van der Waals surface area contributed by atoms with Crippen molar-refractivity contribution in [3.63, 3.8) is 0 Å². The first-order chi connectivity index (χ1) is 14.9. The van der Waals surface area contributed by atoms with Crippen molar-refractivity contribution < 1.29 is 17.9 Å². The molecular formula is C22H26ClN3O4S. The molecule has 2 aliphatic rings. The number of sulfonamides is 1. The van der Waals surface area contributed by atoms with E-state index < -0.39 is 10.0 Å². The number of fused-ring (bicyclic) bond motifs is 1. The largest absolute Gasteiger partial charge is 0.495 e. The maximum atomic E-state index is 13.0. The number of carbonyl (C=O) groups is 1. The Morgan fingerprint density at radius 1 is 1.10 bits per heavy atom. The lowest BCUT2D eigenvalue weighted by Crippen LogP contribution is -2.35. The molecule has 1 saturated heterocycles. The molecule has 0 bridgehead atoms. The summed E-state index contributed by atoms with van der Waals surface area (Å²) in [6.07, 6.45) is 3.59. The van der Waals surface area contributed by atoms with Crippen molar-refractivity contribution in [2.24, 2.45) is 0 Å². The van der Waals surface area contributed by atoms with Crippen LogP contribution in [-0.2, 0) is 21.2 Å². The van der Waals surface area contributed by atoms with Gasteiger partial charge in [0.05, 0.1) is 24.2 Å². The van der Waals surface area contributed by atoms with Gasteiger partial charge >= 0.3 is 0 Å². The number of benzene rings is 2. The van der Waals surface area contributed by atoms with Gasteiger partial charge in [0.1, 0.15) is 5.75 Å². The molecule has 0 aliphatic carbocycles. The second-order valence-corrected chi connectivity index (χ2v) is 10.2. The van der Waals surface area contributed by atoms with Crippen molar-refractivity contribution in [1.82, 2.24) is 4.31 Å². The van der Waals surface area contributed by atoms with Crippen LogP contribution in [0.4, 0.5) is 11.4 Å². The van der Waals surface area contributed by atoms with Crippen LogP contribution in [0.15, 0.2) is 41.3 Å². The van der Waals surface area contributed by atoms with Crippen LogP contribution in [0, 0.1) is 0 Å². The monoisotopic (exact) mass is 463 g/mol. The summed E-state index contributed by atoms with van der Waals surface area (Å²) >= 11 is 6.03. The van der Waals surface area contributed by atoms with E-state index in [9.17, 15) is 13.2 Å². The van der Waals surface area contributed by atoms with Gasteiger partial charge in [-0.05, 0) is 61.2 Å². The SMILES string of the molecule is COc1ccc(Cl)cc1NC(=O)CN1CCc2cc(S(=O)(=O)N3CCCCC3)ccc21. The van der Waals surface area contributed by atoms with Crippen LogP contribution < -0.4 is 15.0 Å². The Kier molecular flexibility index (Phi) is 6.41. The number of amides is 1. The van der Waals surface area contributed by atoms with E-state index in [2.05, 4.69) is 5.32 Å². The Morgan fingerprint density at radius 3 is 2.61 bits per heavy atom. The summed E-state index contributed by atoms with van der Waals surface area (Å²) in [6.45, 7) is 1.97. The van der Waals surface area contributed by atoms with Crippen molar-refractivity contribution in [3.05, 3.63) is 47.0 Å². The average molecular weight is 464 g/mol. The van der Waals surface area contributed by atoms with E-state index in [4.69, 9.17) is 16.3 Å². The summed E-state index contributed by atoms with van der Waals surface area (Å²) in [5.41, 5.74) is 2.36. The summed E-state index contributed by atoms with van der Waals surface area (Å²) in [7, 11) is -1.93. The molecule has 2 aliphatic heterocycles. The lowest BCUT2D eigenvalue weighted by Gasteiger charge is -2.26. The molecule has 0 unspecified atom stereocenters. The average Bonchev–Trinajstić information content (AvgIpc) is 3.16. The predicted octanol–water partition coefficient (Wildman–Crippen LogP) is 3.52. The Morgan fingerprint density at radius 2 is 1.87 bits per heavy atom. The van der Waals surface area contributed by atoms with Crippen LogP contribution in [0.5, 0.6) is 5.75 Å². The van der Waals surface area contributed by atoms with Crippen LogP contribution in [0.3, 0.4) is 0 Å². The molecule has 0 radical (unpaired) electrons. The van der Waals surface area contributed by atoms with Crippen molar-refractivity contribution >= 4 is 38.9 Å². The van der Waals surface area contributed by atoms with Crippen molar-refractivity contribution in [3.8, 4) is 5.75 Å². The highest BCUT2D eigenvalue weighted by Gasteiger charge is 2.29. The van der Waals surface area contributed by atoms with Gasteiger partial charge in [0, 0.05) is 30.3 Å². The maximum Gasteiger partial charge on any atom is 0.243 e. The molecule has 9 heteroatoms. The number of hydrogen-bond acceptors (Lipinski definition) is 5. The number of carbonyl (C=O) groups excluding carboxylic acids is 1. The fourth-order valence-corrected chi connectivity index (χ4v) is 5.91. The minimum atomic E-state index is -3.47. The van der Waals surface area contributed by atoms with E-state index in [1.165, 1.54) is 7.11 Å². The number of anilines is 2. The molecule has 2 heterocycles. The van der Waals surface area contributed by atoms with Gasteiger partial charge < -0.3 is 15.0 Å². The predicted molar refractivity (Wildman–Crippen MR) is 122 cm³/mol. The zero-order valence-electron chi connectivity index (χ0n) is 17.4. The molecule has 1 amide bonds. The normalized spacial score (nSPS) is 16.8. The standard InChI is InChI=1S/C22H26ClN3O4S/c1-30-21-8-5-17(23)14-19(21)24-22(27)15-25-12-9-16-13-18(6-7-20(16)25)31(28,29)26-10-3-2-4-11-26/h5-8,13-14H,2-4,9-12,15H2,1H3,(H,24,27). The van der Waals surface area contributed by atoms with E-state index in [0.29, 0.717) is 47.4 Å². The third-order valence-electron chi connectivity index (χ3n) is 5.77. The molecule has 0 saturated carbocycles. The van der Waals surface area contributed by atoms with Gasteiger partial charge in [-0.1, -0.05) is 18.0 Å². The minimum absolute atomic E-state index is 0.154. The first-order valence-electron chi connectivity index (χ1n) is 10.4. The maximum absolute atomic E-state index is 13.0. The molecule has 2 aromatic carbocycles. The summed E-state index contributed by atoms with van der Waals surface area (Å²) in [4.78, 5) is 14.9. The highest BCUT2D eigenvalue weighted by Crippen LogP contribution is 2.32.